The summed E-state index contributed by atoms with van der Waals surface area (Å²) in [6.45, 7) is 5.92. The third-order valence-electron chi connectivity index (χ3n) is 4.71. The lowest BCUT2D eigenvalue weighted by Crippen LogP contribution is -2.47. The Bertz CT molecular complexity index is 560. The van der Waals surface area contributed by atoms with Crippen LogP contribution in [0.4, 0.5) is 0 Å². The van der Waals surface area contributed by atoms with E-state index in [0.29, 0.717) is 31.6 Å². The van der Waals surface area contributed by atoms with Gasteiger partial charge in [-0.15, -0.1) is 24.0 Å². The van der Waals surface area contributed by atoms with Crippen molar-refractivity contribution < 1.29 is 9.53 Å². The molecule has 152 valence electrons. The van der Waals surface area contributed by atoms with Crippen molar-refractivity contribution in [1.82, 2.24) is 15.5 Å². The van der Waals surface area contributed by atoms with Gasteiger partial charge in [-0.25, -0.2) is 0 Å². The number of ether oxygens (including phenoxy) is 1. The van der Waals surface area contributed by atoms with Crippen LogP contribution >= 0.6 is 24.0 Å². The number of guanidine groups is 1. The van der Waals surface area contributed by atoms with Crippen molar-refractivity contribution in [1.29, 1.82) is 0 Å². The molecule has 7 heteroatoms. The fourth-order valence-electron chi connectivity index (χ4n) is 3.21. The summed E-state index contributed by atoms with van der Waals surface area (Å²) < 4.78 is 5.28. The summed E-state index contributed by atoms with van der Waals surface area (Å²) in [5.41, 5.74) is 1.39. The highest BCUT2D eigenvalue weighted by Crippen LogP contribution is 2.21. The number of halogens is 1. The monoisotopic (exact) mass is 488 g/mol. The Kier molecular flexibility index (Phi) is 12.1. The number of hydrogen-bond acceptors (Lipinski definition) is 3. The van der Waals surface area contributed by atoms with Gasteiger partial charge in [-0.2, -0.15) is 0 Å². The van der Waals surface area contributed by atoms with Crippen LogP contribution in [0, 0.1) is 5.92 Å². The van der Waals surface area contributed by atoms with E-state index >= 15 is 0 Å². The van der Waals surface area contributed by atoms with E-state index in [1.165, 1.54) is 5.56 Å². The Morgan fingerprint density at radius 3 is 2.56 bits per heavy atom. The van der Waals surface area contributed by atoms with Gasteiger partial charge in [0.15, 0.2) is 5.96 Å². The summed E-state index contributed by atoms with van der Waals surface area (Å²) in [6, 6.07) is 10.6. The zero-order valence-corrected chi connectivity index (χ0v) is 18.8. The smallest absolute Gasteiger partial charge is 0.241 e. The van der Waals surface area contributed by atoms with Crippen LogP contribution in [0.25, 0.3) is 0 Å². The number of likely N-dealkylation sites (tertiary alicyclic amines) is 1. The average Bonchev–Trinajstić information content (AvgIpc) is 2.68. The van der Waals surface area contributed by atoms with Crippen LogP contribution in [0.5, 0.6) is 0 Å². The van der Waals surface area contributed by atoms with Gasteiger partial charge in [0, 0.05) is 33.3 Å². The molecule has 1 aromatic carbocycles. The number of aliphatic imine (C=N–C) groups is 1. The maximum absolute atomic E-state index is 12.4. The van der Waals surface area contributed by atoms with E-state index in [9.17, 15) is 4.79 Å². The molecule has 2 N–H and O–H groups in total. The van der Waals surface area contributed by atoms with E-state index in [4.69, 9.17) is 4.74 Å². The lowest BCUT2D eigenvalue weighted by atomic mass is 9.90. The molecule has 27 heavy (non-hydrogen) atoms. The summed E-state index contributed by atoms with van der Waals surface area (Å²) in [5.74, 6) is 1.44. The Balaban J connectivity index is 0.00000364. The van der Waals surface area contributed by atoms with Crippen molar-refractivity contribution in [2.75, 3.05) is 46.4 Å². The molecule has 1 aromatic rings. The first-order valence-corrected chi connectivity index (χ1v) is 9.57. The van der Waals surface area contributed by atoms with E-state index in [1.54, 1.807) is 7.05 Å². The molecule has 0 radical (unpaired) electrons. The Morgan fingerprint density at radius 1 is 1.22 bits per heavy atom. The predicted molar refractivity (Wildman–Crippen MR) is 121 cm³/mol. The molecule has 0 aromatic heterocycles. The molecule has 1 fully saturated rings. The summed E-state index contributed by atoms with van der Waals surface area (Å²) in [6.07, 6.45) is 3.25. The Labute approximate surface area is 180 Å². The number of carbonyl (C=O) groups is 1. The topological polar surface area (TPSA) is 66.0 Å². The maximum atomic E-state index is 12.4. The van der Waals surface area contributed by atoms with E-state index in [0.717, 1.165) is 32.4 Å². The maximum Gasteiger partial charge on any atom is 0.241 e. The second kappa shape index (κ2) is 13.8. The molecular formula is C20H33IN4O2. The first kappa shape index (κ1) is 23.7. The third-order valence-corrected chi connectivity index (χ3v) is 4.71. The molecule has 1 aliphatic rings. The summed E-state index contributed by atoms with van der Waals surface area (Å²) in [7, 11) is 1.70. The van der Waals surface area contributed by atoms with Crippen molar-refractivity contribution >= 4 is 35.8 Å². The SMILES string of the molecule is CCOCCNC(=NC)NCC(=O)N1CCC(Cc2ccccc2)CC1.I. The minimum Gasteiger partial charge on any atom is -0.380 e. The molecule has 1 amide bonds. The van der Waals surface area contributed by atoms with Gasteiger partial charge in [-0.3, -0.25) is 9.79 Å². The summed E-state index contributed by atoms with van der Waals surface area (Å²) in [5, 5.41) is 6.23. The van der Waals surface area contributed by atoms with E-state index in [1.807, 2.05) is 11.8 Å². The van der Waals surface area contributed by atoms with Crippen LogP contribution in [0.15, 0.2) is 35.3 Å². The quantitative estimate of drug-likeness (QED) is 0.255. The van der Waals surface area contributed by atoms with E-state index in [-0.39, 0.29) is 36.4 Å². The number of piperidine rings is 1. The summed E-state index contributed by atoms with van der Waals surface area (Å²) >= 11 is 0. The van der Waals surface area contributed by atoms with Crippen molar-refractivity contribution in [2.45, 2.75) is 26.2 Å². The van der Waals surface area contributed by atoms with Crippen molar-refractivity contribution in [2.24, 2.45) is 10.9 Å². The first-order chi connectivity index (χ1) is 12.7. The number of benzene rings is 1. The van der Waals surface area contributed by atoms with Gasteiger partial charge in [0.05, 0.1) is 13.2 Å². The van der Waals surface area contributed by atoms with Crippen LogP contribution in [0.2, 0.25) is 0 Å². The number of nitrogens with zero attached hydrogens (tertiary/aromatic N) is 2. The summed E-state index contributed by atoms with van der Waals surface area (Å²) in [4.78, 5) is 18.5. The lowest BCUT2D eigenvalue weighted by molar-refractivity contribution is -0.131. The molecule has 6 nitrogen and oxygen atoms in total. The van der Waals surface area contributed by atoms with Crippen molar-refractivity contribution in [3.8, 4) is 0 Å². The normalized spacial score (nSPS) is 15.2. The minimum absolute atomic E-state index is 0. The van der Waals surface area contributed by atoms with E-state index < -0.39 is 0 Å². The van der Waals surface area contributed by atoms with Gasteiger partial charge in [0.2, 0.25) is 5.91 Å². The first-order valence-electron chi connectivity index (χ1n) is 9.57. The van der Waals surface area contributed by atoms with Crippen LogP contribution in [0.1, 0.15) is 25.3 Å². The molecular weight excluding hydrogens is 455 g/mol. The standard InChI is InChI=1S/C20H32N4O2.HI/c1-3-26-14-11-22-20(21-2)23-16-19(25)24-12-9-18(10-13-24)15-17-7-5-4-6-8-17;/h4-8,18H,3,9-16H2,1-2H3,(H2,21,22,23);1H. The second-order valence-electron chi connectivity index (χ2n) is 6.56. The van der Waals surface area contributed by atoms with Crippen LogP contribution in [-0.2, 0) is 16.0 Å². The lowest BCUT2D eigenvalue weighted by Gasteiger charge is -2.32. The number of rotatable bonds is 8. The molecule has 0 bridgehead atoms. The highest BCUT2D eigenvalue weighted by Gasteiger charge is 2.22. The van der Waals surface area contributed by atoms with Gasteiger partial charge < -0.3 is 20.3 Å². The highest BCUT2D eigenvalue weighted by atomic mass is 127. The van der Waals surface area contributed by atoms with Crippen LogP contribution < -0.4 is 10.6 Å². The number of nitrogens with one attached hydrogen (secondary N) is 2. The van der Waals surface area contributed by atoms with Crippen LogP contribution in [-0.4, -0.2) is 63.2 Å². The van der Waals surface area contributed by atoms with Crippen LogP contribution in [0.3, 0.4) is 0 Å². The molecule has 0 aliphatic carbocycles. The minimum atomic E-state index is 0. The predicted octanol–water partition coefficient (Wildman–Crippen LogP) is 2.29. The van der Waals surface area contributed by atoms with E-state index in [2.05, 4.69) is 46.0 Å². The fourth-order valence-corrected chi connectivity index (χ4v) is 3.21. The van der Waals surface area contributed by atoms with Gasteiger partial charge >= 0.3 is 0 Å². The second-order valence-corrected chi connectivity index (χ2v) is 6.56. The zero-order chi connectivity index (χ0) is 18.6. The van der Waals surface area contributed by atoms with Crippen molar-refractivity contribution in [3.05, 3.63) is 35.9 Å². The molecule has 2 rings (SSSR count). The molecule has 1 aliphatic heterocycles. The molecule has 0 saturated carbocycles. The molecule has 1 saturated heterocycles. The molecule has 0 atom stereocenters. The fraction of sp³-hybridized carbons (Fsp3) is 0.600. The van der Waals surface area contributed by atoms with Gasteiger partial charge in [0.1, 0.15) is 0 Å². The van der Waals surface area contributed by atoms with Gasteiger partial charge in [-0.1, -0.05) is 30.3 Å². The van der Waals surface area contributed by atoms with Gasteiger partial charge in [0.25, 0.3) is 0 Å². The number of carbonyl (C=O) groups excluding carboxylic acids is 1. The zero-order valence-electron chi connectivity index (χ0n) is 16.4. The highest BCUT2D eigenvalue weighted by molar-refractivity contribution is 14.0. The third kappa shape index (κ3) is 8.92. The number of hydrogen-bond donors (Lipinski definition) is 2. The Hall–Kier alpha value is -1.35. The largest absolute Gasteiger partial charge is 0.380 e. The Morgan fingerprint density at radius 2 is 1.93 bits per heavy atom. The molecule has 0 spiro atoms. The number of amides is 1. The average molecular weight is 488 g/mol. The molecule has 1 heterocycles. The van der Waals surface area contributed by atoms with Crippen molar-refractivity contribution in [3.63, 3.8) is 0 Å². The van der Waals surface area contributed by atoms with Gasteiger partial charge in [-0.05, 0) is 37.7 Å². The molecule has 0 unspecified atom stereocenters.